The first-order valence-corrected chi connectivity index (χ1v) is 5.91. The minimum absolute atomic E-state index is 0.0537. The number of amides is 1. The van der Waals surface area contributed by atoms with Crippen molar-refractivity contribution in [2.45, 2.75) is 37.8 Å². The van der Waals surface area contributed by atoms with Crippen LogP contribution in [-0.2, 0) is 9.53 Å². The van der Waals surface area contributed by atoms with E-state index in [1.165, 1.54) is 0 Å². The highest BCUT2D eigenvalue weighted by Gasteiger charge is 2.23. The van der Waals surface area contributed by atoms with Gasteiger partial charge in [0, 0.05) is 13.7 Å². The monoisotopic (exact) mass is 230 g/mol. The topological polar surface area (TPSA) is 70.6 Å². The van der Waals surface area contributed by atoms with E-state index in [2.05, 4.69) is 10.6 Å². The molecule has 2 atom stereocenters. The number of hydrogen-bond acceptors (Lipinski definition) is 4. The molecule has 94 valence electrons. The first kappa shape index (κ1) is 13.4. The molecule has 0 heterocycles. The molecular weight excluding hydrogens is 208 g/mol. The normalized spacial score (nSPS) is 25.4. The molecule has 0 aromatic heterocycles. The minimum atomic E-state index is -0.378. The quantitative estimate of drug-likeness (QED) is 0.545. The van der Waals surface area contributed by atoms with Crippen LogP contribution >= 0.6 is 0 Å². The summed E-state index contributed by atoms with van der Waals surface area (Å²) in [5.41, 5.74) is 0. The molecule has 1 rings (SSSR count). The Balaban J connectivity index is 2.12. The average Bonchev–Trinajstić information content (AvgIpc) is 2.28. The lowest BCUT2D eigenvalue weighted by atomic mass is 9.92. The van der Waals surface area contributed by atoms with E-state index in [1.807, 2.05) is 0 Å². The van der Waals surface area contributed by atoms with Crippen LogP contribution in [-0.4, -0.2) is 50.0 Å². The summed E-state index contributed by atoms with van der Waals surface area (Å²) in [7, 11) is 1.63. The lowest BCUT2D eigenvalue weighted by molar-refractivity contribution is -0.122. The summed E-state index contributed by atoms with van der Waals surface area (Å²) >= 11 is 0. The Labute approximate surface area is 96.6 Å². The zero-order valence-corrected chi connectivity index (χ0v) is 9.87. The van der Waals surface area contributed by atoms with E-state index in [9.17, 15) is 9.90 Å². The van der Waals surface area contributed by atoms with Crippen LogP contribution in [0.15, 0.2) is 0 Å². The molecule has 1 amide bonds. The van der Waals surface area contributed by atoms with Gasteiger partial charge in [0.15, 0.2) is 0 Å². The first-order chi connectivity index (χ1) is 7.74. The van der Waals surface area contributed by atoms with Gasteiger partial charge in [-0.1, -0.05) is 12.8 Å². The van der Waals surface area contributed by atoms with Crippen molar-refractivity contribution in [3.05, 3.63) is 0 Å². The van der Waals surface area contributed by atoms with Crippen LogP contribution in [0, 0.1) is 0 Å². The number of ether oxygens (including phenoxy) is 1. The molecule has 0 aliphatic heterocycles. The summed E-state index contributed by atoms with van der Waals surface area (Å²) in [6.45, 7) is 1.54. The van der Waals surface area contributed by atoms with Crippen molar-refractivity contribution in [2.75, 3.05) is 26.8 Å². The number of aliphatic hydroxyl groups excluding tert-OH is 1. The van der Waals surface area contributed by atoms with Crippen LogP contribution in [0.1, 0.15) is 25.7 Å². The molecule has 0 aromatic rings. The molecule has 1 fully saturated rings. The van der Waals surface area contributed by atoms with E-state index in [0.29, 0.717) is 13.2 Å². The molecule has 0 saturated heterocycles. The lowest BCUT2D eigenvalue weighted by Gasteiger charge is -2.28. The molecule has 1 aliphatic rings. The van der Waals surface area contributed by atoms with Gasteiger partial charge >= 0.3 is 0 Å². The van der Waals surface area contributed by atoms with Crippen LogP contribution in [0.3, 0.4) is 0 Å². The summed E-state index contributed by atoms with van der Waals surface area (Å²) in [5, 5.41) is 15.5. The Hall–Kier alpha value is -0.650. The predicted molar refractivity (Wildman–Crippen MR) is 61.2 cm³/mol. The van der Waals surface area contributed by atoms with Crippen molar-refractivity contribution in [3.63, 3.8) is 0 Å². The molecule has 0 bridgehead atoms. The molecule has 5 heteroatoms. The smallest absolute Gasteiger partial charge is 0.234 e. The van der Waals surface area contributed by atoms with E-state index in [1.54, 1.807) is 7.11 Å². The highest BCUT2D eigenvalue weighted by atomic mass is 16.5. The van der Waals surface area contributed by atoms with Gasteiger partial charge in [0.25, 0.3) is 0 Å². The third-order valence-corrected chi connectivity index (χ3v) is 2.84. The maximum Gasteiger partial charge on any atom is 0.234 e. The van der Waals surface area contributed by atoms with Gasteiger partial charge in [0.2, 0.25) is 5.91 Å². The van der Waals surface area contributed by atoms with E-state index >= 15 is 0 Å². The van der Waals surface area contributed by atoms with Gasteiger partial charge in [-0.3, -0.25) is 4.79 Å². The van der Waals surface area contributed by atoms with E-state index in [-0.39, 0.29) is 24.6 Å². The van der Waals surface area contributed by atoms with E-state index in [4.69, 9.17) is 4.74 Å². The Morgan fingerprint density at radius 1 is 1.44 bits per heavy atom. The lowest BCUT2D eigenvalue weighted by Crippen LogP contribution is -2.48. The van der Waals surface area contributed by atoms with E-state index in [0.717, 1.165) is 25.7 Å². The summed E-state index contributed by atoms with van der Waals surface area (Å²) in [6, 6.07) is -0.0644. The second kappa shape index (κ2) is 7.60. The molecular formula is C11H22N2O3. The summed E-state index contributed by atoms with van der Waals surface area (Å²) in [6.07, 6.45) is 3.43. The Morgan fingerprint density at radius 2 is 2.19 bits per heavy atom. The SMILES string of the molecule is COCCNCC(=O)NC1CCCCC1O. The molecule has 0 spiro atoms. The second-order valence-electron chi connectivity index (χ2n) is 4.20. The Kier molecular flexibility index (Phi) is 6.37. The standard InChI is InChI=1S/C11H22N2O3/c1-16-7-6-12-8-11(15)13-9-4-2-3-5-10(9)14/h9-10,12,14H,2-8H2,1H3,(H,13,15). The molecule has 3 N–H and O–H groups in total. The van der Waals surface area contributed by atoms with Gasteiger partial charge in [0.1, 0.15) is 0 Å². The van der Waals surface area contributed by atoms with Crippen molar-refractivity contribution in [1.82, 2.24) is 10.6 Å². The van der Waals surface area contributed by atoms with Crippen LogP contribution in [0.25, 0.3) is 0 Å². The highest BCUT2D eigenvalue weighted by Crippen LogP contribution is 2.17. The van der Waals surface area contributed by atoms with Crippen molar-refractivity contribution in [2.24, 2.45) is 0 Å². The molecule has 16 heavy (non-hydrogen) atoms. The summed E-state index contributed by atoms with van der Waals surface area (Å²) in [5.74, 6) is -0.0537. The number of aliphatic hydroxyl groups is 1. The van der Waals surface area contributed by atoms with Crippen molar-refractivity contribution >= 4 is 5.91 Å². The minimum Gasteiger partial charge on any atom is -0.391 e. The summed E-state index contributed by atoms with van der Waals surface area (Å²) < 4.78 is 4.86. The fourth-order valence-corrected chi connectivity index (χ4v) is 1.91. The van der Waals surface area contributed by atoms with Crippen LogP contribution in [0.2, 0.25) is 0 Å². The van der Waals surface area contributed by atoms with Crippen molar-refractivity contribution < 1.29 is 14.6 Å². The second-order valence-corrected chi connectivity index (χ2v) is 4.20. The van der Waals surface area contributed by atoms with Gasteiger partial charge in [-0.25, -0.2) is 0 Å². The zero-order valence-electron chi connectivity index (χ0n) is 9.87. The number of rotatable bonds is 6. The molecule has 5 nitrogen and oxygen atoms in total. The number of carbonyl (C=O) groups is 1. The molecule has 1 aliphatic carbocycles. The van der Waals surface area contributed by atoms with Gasteiger partial charge in [-0.15, -0.1) is 0 Å². The maximum atomic E-state index is 11.5. The largest absolute Gasteiger partial charge is 0.391 e. The summed E-state index contributed by atoms with van der Waals surface area (Å²) in [4.78, 5) is 11.5. The number of methoxy groups -OCH3 is 1. The third-order valence-electron chi connectivity index (χ3n) is 2.84. The third kappa shape index (κ3) is 4.92. The average molecular weight is 230 g/mol. The van der Waals surface area contributed by atoms with Crippen LogP contribution in [0.4, 0.5) is 0 Å². The number of nitrogens with one attached hydrogen (secondary N) is 2. The first-order valence-electron chi connectivity index (χ1n) is 5.91. The number of carbonyl (C=O) groups excluding carboxylic acids is 1. The fraction of sp³-hybridized carbons (Fsp3) is 0.909. The highest BCUT2D eigenvalue weighted by molar-refractivity contribution is 5.78. The van der Waals surface area contributed by atoms with Crippen molar-refractivity contribution in [1.29, 1.82) is 0 Å². The van der Waals surface area contributed by atoms with Gasteiger partial charge in [-0.2, -0.15) is 0 Å². The Morgan fingerprint density at radius 3 is 2.88 bits per heavy atom. The predicted octanol–water partition coefficient (Wildman–Crippen LogP) is -0.358. The fourth-order valence-electron chi connectivity index (χ4n) is 1.91. The molecule has 0 radical (unpaired) electrons. The molecule has 1 saturated carbocycles. The van der Waals surface area contributed by atoms with Gasteiger partial charge in [0.05, 0.1) is 25.3 Å². The molecule has 2 unspecified atom stereocenters. The number of hydrogen-bond donors (Lipinski definition) is 3. The van der Waals surface area contributed by atoms with Crippen LogP contribution < -0.4 is 10.6 Å². The van der Waals surface area contributed by atoms with Crippen LogP contribution in [0.5, 0.6) is 0 Å². The Bertz CT molecular complexity index is 211. The van der Waals surface area contributed by atoms with Crippen molar-refractivity contribution in [3.8, 4) is 0 Å². The van der Waals surface area contributed by atoms with Gasteiger partial charge in [-0.05, 0) is 12.8 Å². The zero-order chi connectivity index (χ0) is 11.8. The maximum absolute atomic E-state index is 11.5. The molecule has 0 aromatic carbocycles. The van der Waals surface area contributed by atoms with Gasteiger partial charge < -0.3 is 20.5 Å². The van der Waals surface area contributed by atoms with E-state index < -0.39 is 0 Å².